The Balaban J connectivity index is 3.01. The number of ether oxygens (including phenoxy) is 1. The van der Waals surface area contributed by atoms with Crippen molar-refractivity contribution in [3.63, 3.8) is 0 Å². The quantitative estimate of drug-likeness (QED) is 0.795. The van der Waals surface area contributed by atoms with Crippen LogP contribution in [0.25, 0.3) is 0 Å². The fraction of sp³-hybridized carbons (Fsp3) is 0.500. The first-order chi connectivity index (χ1) is 9.31. The molecular formula is C12H17Cl2NO4S. The van der Waals surface area contributed by atoms with Gasteiger partial charge in [-0.15, -0.1) is 0 Å². The predicted octanol–water partition coefficient (Wildman–Crippen LogP) is 2.05. The molecule has 5 nitrogen and oxygen atoms in total. The number of benzene rings is 1. The van der Waals surface area contributed by atoms with Crippen LogP contribution in [0.5, 0.6) is 0 Å². The van der Waals surface area contributed by atoms with E-state index in [0.717, 1.165) is 0 Å². The van der Waals surface area contributed by atoms with Crippen molar-refractivity contribution in [3.8, 4) is 0 Å². The van der Waals surface area contributed by atoms with Crippen molar-refractivity contribution in [2.75, 3.05) is 20.3 Å². The average Bonchev–Trinajstić information content (AvgIpc) is 2.39. The van der Waals surface area contributed by atoms with E-state index in [1.54, 1.807) is 7.11 Å². The fourth-order valence-electron chi connectivity index (χ4n) is 1.60. The van der Waals surface area contributed by atoms with E-state index in [2.05, 4.69) is 4.72 Å². The molecule has 20 heavy (non-hydrogen) atoms. The van der Waals surface area contributed by atoms with E-state index in [0.29, 0.717) is 6.61 Å². The summed E-state index contributed by atoms with van der Waals surface area (Å²) in [6.45, 7) is 2.12. The van der Waals surface area contributed by atoms with E-state index < -0.39 is 10.0 Å². The second kappa shape index (κ2) is 7.59. The average molecular weight is 342 g/mol. The zero-order valence-corrected chi connectivity index (χ0v) is 13.5. The minimum atomic E-state index is -3.79. The molecule has 2 N–H and O–H groups in total. The number of nitrogens with one attached hydrogen (secondary N) is 1. The number of hydrogen-bond donors (Lipinski definition) is 2. The zero-order valence-electron chi connectivity index (χ0n) is 11.2. The first-order valence-electron chi connectivity index (χ1n) is 5.89. The summed E-state index contributed by atoms with van der Waals surface area (Å²) in [5.74, 6) is 0.0186. The van der Waals surface area contributed by atoms with Crippen molar-refractivity contribution < 1.29 is 18.3 Å². The van der Waals surface area contributed by atoms with E-state index in [9.17, 15) is 8.42 Å². The Hall–Kier alpha value is -0.370. The van der Waals surface area contributed by atoms with E-state index in [1.807, 2.05) is 6.92 Å². The van der Waals surface area contributed by atoms with Crippen LogP contribution < -0.4 is 4.72 Å². The smallest absolute Gasteiger partial charge is 0.242 e. The highest BCUT2D eigenvalue weighted by molar-refractivity contribution is 7.89. The molecule has 1 atom stereocenters. The third kappa shape index (κ3) is 4.58. The van der Waals surface area contributed by atoms with Gasteiger partial charge in [0.05, 0.1) is 11.6 Å². The first-order valence-corrected chi connectivity index (χ1v) is 8.13. The van der Waals surface area contributed by atoms with Crippen molar-refractivity contribution >= 4 is 33.2 Å². The number of methoxy groups -OCH3 is 1. The Kier molecular flexibility index (Phi) is 6.71. The van der Waals surface area contributed by atoms with Crippen molar-refractivity contribution in [1.82, 2.24) is 4.72 Å². The fourth-order valence-corrected chi connectivity index (χ4v) is 3.69. The van der Waals surface area contributed by atoms with Gasteiger partial charge >= 0.3 is 0 Å². The highest BCUT2D eigenvalue weighted by atomic mass is 35.5. The van der Waals surface area contributed by atoms with Gasteiger partial charge in [0.1, 0.15) is 4.90 Å². The van der Waals surface area contributed by atoms with Gasteiger partial charge in [-0.3, -0.25) is 0 Å². The lowest BCUT2D eigenvalue weighted by Gasteiger charge is -2.14. The van der Waals surface area contributed by atoms with Crippen molar-refractivity contribution in [2.45, 2.75) is 18.4 Å². The van der Waals surface area contributed by atoms with E-state index in [-0.39, 0.29) is 39.6 Å². The Morgan fingerprint density at radius 2 is 2.05 bits per heavy atom. The van der Waals surface area contributed by atoms with Crippen LogP contribution in [-0.2, 0) is 21.4 Å². The summed E-state index contributed by atoms with van der Waals surface area (Å²) in [5, 5.41) is 9.32. The Labute approximate surface area is 128 Å². The molecule has 0 spiro atoms. The number of aliphatic hydroxyl groups is 1. The molecule has 0 saturated heterocycles. The van der Waals surface area contributed by atoms with E-state index in [1.165, 1.54) is 12.1 Å². The third-order valence-corrected chi connectivity index (χ3v) is 4.84. The number of rotatable bonds is 7. The summed E-state index contributed by atoms with van der Waals surface area (Å²) in [4.78, 5) is -0.139. The second-order valence-corrected chi connectivity index (χ2v) is 7.00. The van der Waals surface area contributed by atoms with Crippen LogP contribution in [0.1, 0.15) is 12.5 Å². The van der Waals surface area contributed by atoms with Crippen molar-refractivity contribution in [1.29, 1.82) is 0 Å². The van der Waals surface area contributed by atoms with Crippen LogP contribution in [0.4, 0.5) is 0 Å². The zero-order chi connectivity index (χ0) is 15.3. The van der Waals surface area contributed by atoms with Gasteiger partial charge < -0.3 is 9.84 Å². The molecule has 1 aromatic carbocycles. The van der Waals surface area contributed by atoms with Crippen LogP contribution in [0.2, 0.25) is 10.0 Å². The maximum absolute atomic E-state index is 12.2. The largest absolute Gasteiger partial charge is 0.392 e. The normalized spacial score (nSPS) is 13.4. The Morgan fingerprint density at radius 3 is 2.60 bits per heavy atom. The molecule has 0 aliphatic carbocycles. The molecule has 8 heteroatoms. The molecule has 0 aliphatic rings. The van der Waals surface area contributed by atoms with Crippen LogP contribution in [0.3, 0.4) is 0 Å². The van der Waals surface area contributed by atoms with Gasteiger partial charge in [-0.1, -0.05) is 30.1 Å². The summed E-state index contributed by atoms with van der Waals surface area (Å²) in [6.07, 6.45) is 0. The monoisotopic (exact) mass is 341 g/mol. The standard InChI is InChI=1S/C12H17Cl2NO4S/c1-8(7-19-2)5-15-20(17,18)11-4-10(13)3-9(6-16)12(11)14/h3-4,8,15-16H,5-7H2,1-2H3. The van der Waals surface area contributed by atoms with Crippen LogP contribution >= 0.6 is 23.2 Å². The minimum absolute atomic E-state index is 0.0186. The lowest BCUT2D eigenvalue weighted by Crippen LogP contribution is -2.30. The van der Waals surface area contributed by atoms with Gasteiger partial charge in [0.2, 0.25) is 10.0 Å². The van der Waals surface area contributed by atoms with Gasteiger partial charge in [0, 0.05) is 25.3 Å². The molecule has 0 aliphatic heterocycles. The van der Waals surface area contributed by atoms with Gasteiger partial charge in [0.25, 0.3) is 0 Å². The van der Waals surface area contributed by atoms with E-state index >= 15 is 0 Å². The molecule has 1 rings (SSSR count). The van der Waals surface area contributed by atoms with Gasteiger partial charge in [-0.25, -0.2) is 13.1 Å². The van der Waals surface area contributed by atoms with Crippen LogP contribution in [-0.4, -0.2) is 33.8 Å². The molecule has 0 heterocycles. The SMILES string of the molecule is COCC(C)CNS(=O)(=O)c1cc(Cl)cc(CO)c1Cl. The minimum Gasteiger partial charge on any atom is -0.392 e. The first kappa shape index (κ1) is 17.7. The highest BCUT2D eigenvalue weighted by Crippen LogP contribution is 2.29. The number of sulfonamides is 1. The Morgan fingerprint density at radius 1 is 1.40 bits per heavy atom. The third-order valence-electron chi connectivity index (χ3n) is 2.61. The maximum Gasteiger partial charge on any atom is 0.242 e. The van der Waals surface area contributed by atoms with Gasteiger partial charge in [0.15, 0.2) is 0 Å². The lowest BCUT2D eigenvalue weighted by atomic mass is 10.2. The second-order valence-electron chi connectivity index (χ2n) is 4.45. The maximum atomic E-state index is 12.2. The van der Waals surface area contributed by atoms with Crippen molar-refractivity contribution in [3.05, 3.63) is 27.7 Å². The molecule has 0 bridgehead atoms. The molecule has 0 aromatic heterocycles. The molecule has 1 unspecified atom stereocenters. The number of hydrogen-bond acceptors (Lipinski definition) is 4. The molecule has 0 saturated carbocycles. The summed E-state index contributed by atoms with van der Waals surface area (Å²) in [7, 11) is -2.24. The molecule has 114 valence electrons. The molecule has 0 fully saturated rings. The summed E-state index contributed by atoms with van der Waals surface area (Å²) in [5.41, 5.74) is 0.268. The molecule has 0 radical (unpaired) electrons. The van der Waals surface area contributed by atoms with Crippen LogP contribution in [0.15, 0.2) is 17.0 Å². The predicted molar refractivity (Wildman–Crippen MR) is 78.6 cm³/mol. The summed E-state index contributed by atoms with van der Waals surface area (Å²) >= 11 is 11.8. The summed E-state index contributed by atoms with van der Waals surface area (Å²) in [6, 6.07) is 2.68. The molecule has 1 aromatic rings. The Bertz CT molecular complexity index is 563. The van der Waals surface area contributed by atoms with Gasteiger partial charge in [-0.2, -0.15) is 0 Å². The molecular weight excluding hydrogens is 325 g/mol. The van der Waals surface area contributed by atoms with Crippen LogP contribution in [0, 0.1) is 5.92 Å². The van der Waals surface area contributed by atoms with E-state index in [4.69, 9.17) is 33.0 Å². The van der Waals surface area contributed by atoms with Crippen molar-refractivity contribution in [2.24, 2.45) is 5.92 Å². The topological polar surface area (TPSA) is 75.6 Å². The van der Waals surface area contributed by atoms with Gasteiger partial charge in [-0.05, 0) is 23.6 Å². The number of aliphatic hydroxyl groups excluding tert-OH is 1. The number of halogens is 2. The lowest BCUT2D eigenvalue weighted by molar-refractivity contribution is 0.161. The molecule has 0 amide bonds. The highest BCUT2D eigenvalue weighted by Gasteiger charge is 2.21. The summed E-state index contributed by atoms with van der Waals surface area (Å²) < 4.78 is 31.8.